The Labute approximate surface area is 111 Å². The molecule has 0 bridgehead atoms. The smallest absolute Gasteiger partial charge is 0.358 e. The normalized spacial score (nSPS) is 18.8. The van der Waals surface area contributed by atoms with E-state index in [-0.39, 0.29) is 18.1 Å². The Morgan fingerprint density at radius 3 is 2.95 bits per heavy atom. The summed E-state index contributed by atoms with van der Waals surface area (Å²) in [6.45, 7) is 3.78. The van der Waals surface area contributed by atoms with E-state index in [0.29, 0.717) is 5.92 Å². The summed E-state index contributed by atoms with van der Waals surface area (Å²) in [4.78, 5) is 24.5. The summed E-state index contributed by atoms with van der Waals surface area (Å²) in [6, 6.07) is 0. The van der Waals surface area contributed by atoms with Gasteiger partial charge in [-0.05, 0) is 18.8 Å². The van der Waals surface area contributed by atoms with Crippen LogP contribution in [0.2, 0.25) is 0 Å². The minimum absolute atomic E-state index is 0.0274. The van der Waals surface area contributed by atoms with E-state index in [1.165, 1.54) is 10.9 Å². The van der Waals surface area contributed by atoms with Gasteiger partial charge < -0.3 is 10.0 Å². The Morgan fingerprint density at radius 1 is 1.53 bits per heavy atom. The molecule has 1 aliphatic rings. The van der Waals surface area contributed by atoms with Crippen LogP contribution in [0.15, 0.2) is 6.20 Å². The first-order chi connectivity index (χ1) is 9.10. The molecule has 2 heterocycles. The van der Waals surface area contributed by atoms with E-state index in [4.69, 9.17) is 5.11 Å². The van der Waals surface area contributed by atoms with Crippen molar-refractivity contribution < 1.29 is 14.7 Å². The molecule has 1 aliphatic heterocycles. The van der Waals surface area contributed by atoms with Gasteiger partial charge in [0.1, 0.15) is 6.54 Å². The lowest BCUT2D eigenvalue weighted by molar-refractivity contribution is -0.131. The third kappa shape index (κ3) is 3.30. The van der Waals surface area contributed by atoms with Gasteiger partial charge in [0.15, 0.2) is 5.69 Å². The molecule has 19 heavy (non-hydrogen) atoms. The summed E-state index contributed by atoms with van der Waals surface area (Å²) >= 11 is 0. The Bertz CT molecular complexity index is 471. The van der Waals surface area contributed by atoms with E-state index >= 15 is 0 Å². The molecular formula is C12H18N4O3. The van der Waals surface area contributed by atoms with Crippen molar-refractivity contribution in [2.45, 2.75) is 32.7 Å². The van der Waals surface area contributed by atoms with Crippen molar-refractivity contribution in [1.29, 1.82) is 0 Å². The van der Waals surface area contributed by atoms with Crippen molar-refractivity contribution in [3.05, 3.63) is 11.9 Å². The summed E-state index contributed by atoms with van der Waals surface area (Å²) in [5.74, 6) is -0.567. The maximum absolute atomic E-state index is 12.0. The van der Waals surface area contributed by atoms with Crippen molar-refractivity contribution in [3.63, 3.8) is 0 Å². The monoisotopic (exact) mass is 266 g/mol. The van der Waals surface area contributed by atoms with Crippen molar-refractivity contribution in [3.8, 4) is 0 Å². The molecular weight excluding hydrogens is 248 g/mol. The predicted molar refractivity (Wildman–Crippen MR) is 66.6 cm³/mol. The van der Waals surface area contributed by atoms with Crippen molar-refractivity contribution >= 4 is 11.9 Å². The Hall–Kier alpha value is -1.92. The van der Waals surface area contributed by atoms with Crippen LogP contribution in [0.1, 0.15) is 36.7 Å². The fraction of sp³-hybridized carbons (Fsp3) is 0.667. The van der Waals surface area contributed by atoms with Gasteiger partial charge in [0.25, 0.3) is 0 Å². The second kappa shape index (κ2) is 5.81. The molecule has 0 radical (unpaired) electrons. The molecule has 1 aromatic heterocycles. The average molecular weight is 266 g/mol. The van der Waals surface area contributed by atoms with Crippen molar-refractivity contribution in [1.82, 2.24) is 19.9 Å². The maximum atomic E-state index is 12.0. The van der Waals surface area contributed by atoms with E-state index in [9.17, 15) is 9.59 Å². The fourth-order valence-electron chi connectivity index (χ4n) is 2.42. The third-order valence-corrected chi connectivity index (χ3v) is 3.39. The number of hydrogen-bond donors (Lipinski definition) is 1. The Morgan fingerprint density at radius 2 is 2.32 bits per heavy atom. The van der Waals surface area contributed by atoms with Gasteiger partial charge >= 0.3 is 5.97 Å². The number of aromatic carboxylic acids is 1. The van der Waals surface area contributed by atoms with E-state index < -0.39 is 5.97 Å². The van der Waals surface area contributed by atoms with Gasteiger partial charge in [-0.2, -0.15) is 0 Å². The highest BCUT2D eigenvalue weighted by molar-refractivity contribution is 5.84. The molecule has 104 valence electrons. The van der Waals surface area contributed by atoms with Crippen LogP contribution >= 0.6 is 0 Å². The van der Waals surface area contributed by atoms with Crippen LogP contribution in [0, 0.1) is 5.92 Å². The number of rotatable bonds is 5. The summed E-state index contributed by atoms with van der Waals surface area (Å²) in [6.07, 6.45) is 4.62. The highest BCUT2D eigenvalue weighted by atomic mass is 16.4. The lowest BCUT2D eigenvalue weighted by Gasteiger charge is -2.16. The minimum Gasteiger partial charge on any atom is -0.476 e. The summed E-state index contributed by atoms with van der Waals surface area (Å²) in [5.41, 5.74) is -0.141. The number of likely N-dealkylation sites (tertiary alicyclic amines) is 1. The molecule has 1 amide bonds. The zero-order valence-corrected chi connectivity index (χ0v) is 10.9. The number of nitrogens with zero attached hydrogens (tertiary/aromatic N) is 4. The maximum Gasteiger partial charge on any atom is 0.358 e. The molecule has 0 aliphatic carbocycles. The van der Waals surface area contributed by atoms with Crippen LogP contribution in [0.5, 0.6) is 0 Å². The second-order valence-corrected chi connectivity index (χ2v) is 4.89. The number of amides is 1. The topological polar surface area (TPSA) is 88.3 Å². The molecule has 0 saturated carbocycles. The molecule has 7 nitrogen and oxygen atoms in total. The highest BCUT2D eigenvalue weighted by Crippen LogP contribution is 2.20. The van der Waals surface area contributed by atoms with E-state index in [0.717, 1.165) is 32.4 Å². The number of aromatic nitrogens is 3. The summed E-state index contributed by atoms with van der Waals surface area (Å²) in [5, 5.41) is 15.9. The molecule has 7 heteroatoms. The van der Waals surface area contributed by atoms with Gasteiger partial charge in [0.2, 0.25) is 5.91 Å². The standard InChI is InChI=1S/C12H18N4O3/c1-2-3-9-4-5-15(6-9)11(17)8-16-7-10(12(18)19)13-14-16/h7,9H,2-6,8H2,1H3,(H,18,19). The van der Waals surface area contributed by atoms with Crippen LogP contribution < -0.4 is 0 Å². The minimum atomic E-state index is -1.14. The average Bonchev–Trinajstić information content (AvgIpc) is 2.98. The molecule has 1 atom stereocenters. The fourth-order valence-corrected chi connectivity index (χ4v) is 2.42. The lowest BCUT2D eigenvalue weighted by atomic mass is 10.0. The lowest BCUT2D eigenvalue weighted by Crippen LogP contribution is -2.32. The molecule has 1 saturated heterocycles. The molecule has 1 unspecified atom stereocenters. The molecule has 0 aromatic carbocycles. The van der Waals surface area contributed by atoms with E-state index in [2.05, 4.69) is 17.2 Å². The first-order valence-corrected chi connectivity index (χ1v) is 6.51. The van der Waals surface area contributed by atoms with Crippen LogP contribution in [0.4, 0.5) is 0 Å². The molecule has 0 spiro atoms. The third-order valence-electron chi connectivity index (χ3n) is 3.39. The van der Waals surface area contributed by atoms with Gasteiger partial charge in [-0.1, -0.05) is 18.6 Å². The summed E-state index contributed by atoms with van der Waals surface area (Å²) < 4.78 is 1.28. The molecule has 1 aromatic rings. The predicted octanol–water partition coefficient (Wildman–Crippen LogP) is 0.625. The van der Waals surface area contributed by atoms with Crippen LogP contribution in [0.3, 0.4) is 0 Å². The van der Waals surface area contributed by atoms with Gasteiger partial charge in [-0.25, -0.2) is 9.48 Å². The Balaban J connectivity index is 1.89. The molecule has 2 rings (SSSR count). The van der Waals surface area contributed by atoms with Crippen LogP contribution in [0.25, 0.3) is 0 Å². The second-order valence-electron chi connectivity index (χ2n) is 4.89. The number of carboxylic acids is 1. The highest BCUT2D eigenvalue weighted by Gasteiger charge is 2.25. The summed E-state index contributed by atoms with van der Waals surface area (Å²) in [7, 11) is 0. The van der Waals surface area contributed by atoms with E-state index in [1.54, 1.807) is 0 Å². The zero-order chi connectivity index (χ0) is 13.8. The van der Waals surface area contributed by atoms with Crippen molar-refractivity contribution in [2.24, 2.45) is 5.92 Å². The quantitative estimate of drug-likeness (QED) is 0.844. The Kier molecular flexibility index (Phi) is 4.13. The van der Waals surface area contributed by atoms with Gasteiger partial charge in [0.05, 0.1) is 6.20 Å². The SMILES string of the molecule is CCCC1CCN(C(=O)Cn2cc(C(=O)O)nn2)C1. The largest absolute Gasteiger partial charge is 0.476 e. The van der Waals surface area contributed by atoms with Gasteiger partial charge in [0, 0.05) is 13.1 Å². The number of carbonyl (C=O) groups excluding carboxylic acids is 1. The van der Waals surface area contributed by atoms with Gasteiger partial charge in [-0.3, -0.25) is 4.79 Å². The number of hydrogen-bond acceptors (Lipinski definition) is 4. The zero-order valence-electron chi connectivity index (χ0n) is 10.9. The van der Waals surface area contributed by atoms with Crippen LogP contribution in [-0.2, 0) is 11.3 Å². The first-order valence-electron chi connectivity index (χ1n) is 6.51. The number of carbonyl (C=O) groups is 2. The van der Waals surface area contributed by atoms with Crippen LogP contribution in [-0.4, -0.2) is 50.0 Å². The molecule has 1 N–H and O–H groups in total. The van der Waals surface area contributed by atoms with E-state index in [1.807, 2.05) is 4.90 Å². The van der Waals surface area contributed by atoms with Gasteiger partial charge in [-0.15, -0.1) is 5.10 Å². The first kappa shape index (κ1) is 13.5. The number of carboxylic acid groups (broad SMARTS) is 1. The molecule has 1 fully saturated rings. The van der Waals surface area contributed by atoms with Crippen molar-refractivity contribution in [2.75, 3.05) is 13.1 Å².